The van der Waals surface area contributed by atoms with Gasteiger partial charge in [-0.1, -0.05) is 38.3 Å². The minimum Gasteiger partial charge on any atom is -0.349 e. The van der Waals surface area contributed by atoms with E-state index in [2.05, 4.69) is 15.6 Å². The Bertz CT molecular complexity index is 938. The first-order valence-electron chi connectivity index (χ1n) is 10.0. The van der Waals surface area contributed by atoms with E-state index in [4.69, 9.17) is 11.6 Å². The second kappa shape index (κ2) is 8.84. The van der Waals surface area contributed by atoms with Gasteiger partial charge in [-0.3, -0.25) is 4.79 Å². The molecule has 1 aliphatic rings. The maximum Gasteiger partial charge on any atom is 0.416 e. The maximum atomic E-state index is 12.9. The standard InChI is InChI=1S/C22H25ClF3N3O/c1-12(2)16-11-19(29-18-9-8-14(10-17(18)23)22(24,25)26)27-13(3)20(16)21(30)28-15-6-4-5-7-15/h8-12,15H,4-7H2,1-3H3,(H,27,29)(H,28,30). The molecule has 0 spiro atoms. The van der Waals surface area contributed by atoms with E-state index < -0.39 is 11.7 Å². The summed E-state index contributed by atoms with van der Waals surface area (Å²) in [7, 11) is 0. The van der Waals surface area contributed by atoms with E-state index >= 15 is 0 Å². The van der Waals surface area contributed by atoms with Crippen LogP contribution in [0.15, 0.2) is 24.3 Å². The Labute approximate surface area is 179 Å². The number of anilines is 2. The predicted octanol–water partition coefficient (Wildman–Crippen LogP) is 6.60. The zero-order valence-electron chi connectivity index (χ0n) is 17.2. The van der Waals surface area contributed by atoms with Crippen LogP contribution in [0.2, 0.25) is 5.02 Å². The number of nitrogens with one attached hydrogen (secondary N) is 2. The fraction of sp³-hybridized carbons (Fsp3) is 0.455. The molecule has 30 heavy (non-hydrogen) atoms. The number of halogens is 4. The van der Waals surface area contributed by atoms with Crippen molar-refractivity contribution in [1.82, 2.24) is 10.3 Å². The second-order valence-electron chi connectivity index (χ2n) is 7.98. The summed E-state index contributed by atoms with van der Waals surface area (Å²) in [5.74, 6) is 0.352. The number of hydrogen-bond donors (Lipinski definition) is 2. The molecule has 0 aliphatic heterocycles. The first-order valence-corrected chi connectivity index (χ1v) is 10.4. The van der Waals surface area contributed by atoms with Gasteiger partial charge in [-0.05, 0) is 55.5 Å². The van der Waals surface area contributed by atoms with Gasteiger partial charge in [0.15, 0.2) is 0 Å². The lowest BCUT2D eigenvalue weighted by molar-refractivity contribution is -0.137. The highest BCUT2D eigenvalue weighted by Crippen LogP contribution is 2.35. The molecule has 4 nitrogen and oxygen atoms in total. The van der Waals surface area contributed by atoms with Crippen molar-refractivity contribution < 1.29 is 18.0 Å². The minimum atomic E-state index is -4.46. The normalized spacial score (nSPS) is 14.9. The molecule has 0 bridgehead atoms. The highest BCUT2D eigenvalue weighted by molar-refractivity contribution is 6.33. The molecule has 1 aromatic carbocycles. The smallest absolute Gasteiger partial charge is 0.349 e. The Morgan fingerprint density at radius 2 is 1.87 bits per heavy atom. The van der Waals surface area contributed by atoms with Crippen LogP contribution in [0, 0.1) is 6.92 Å². The van der Waals surface area contributed by atoms with Gasteiger partial charge in [0.1, 0.15) is 5.82 Å². The SMILES string of the molecule is Cc1nc(Nc2ccc(C(F)(F)F)cc2Cl)cc(C(C)C)c1C(=O)NC1CCCC1. The Morgan fingerprint density at radius 1 is 1.20 bits per heavy atom. The molecule has 0 atom stereocenters. The molecular weight excluding hydrogens is 415 g/mol. The van der Waals surface area contributed by atoms with Gasteiger partial charge in [0.2, 0.25) is 0 Å². The van der Waals surface area contributed by atoms with E-state index in [0.29, 0.717) is 22.8 Å². The summed E-state index contributed by atoms with van der Waals surface area (Å²) in [5, 5.41) is 6.03. The number of nitrogens with zero attached hydrogens (tertiary/aromatic N) is 1. The highest BCUT2D eigenvalue weighted by atomic mass is 35.5. The van der Waals surface area contributed by atoms with Crippen molar-refractivity contribution in [3.05, 3.63) is 51.7 Å². The van der Waals surface area contributed by atoms with Gasteiger partial charge in [0.05, 0.1) is 27.5 Å². The van der Waals surface area contributed by atoms with E-state index in [0.717, 1.165) is 43.4 Å². The molecule has 1 aliphatic carbocycles. The molecule has 1 saturated carbocycles. The van der Waals surface area contributed by atoms with Crippen LogP contribution < -0.4 is 10.6 Å². The molecule has 0 unspecified atom stereocenters. The number of aromatic nitrogens is 1. The monoisotopic (exact) mass is 439 g/mol. The summed E-state index contributed by atoms with van der Waals surface area (Å²) in [5.41, 5.74) is 1.44. The molecule has 1 amide bonds. The third-order valence-electron chi connectivity index (χ3n) is 5.33. The Hall–Kier alpha value is -2.28. The van der Waals surface area contributed by atoms with Crippen LogP contribution in [0.3, 0.4) is 0 Å². The zero-order valence-corrected chi connectivity index (χ0v) is 17.9. The quantitative estimate of drug-likeness (QED) is 0.551. The van der Waals surface area contributed by atoms with Crippen molar-refractivity contribution >= 4 is 29.0 Å². The summed E-state index contributed by atoms with van der Waals surface area (Å²) in [4.78, 5) is 17.4. The van der Waals surface area contributed by atoms with E-state index in [-0.39, 0.29) is 22.9 Å². The van der Waals surface area contributed by atoms with Crippen molar-refractivity contribution in [3.8, 4) is 0 Å². The molecule has 0 saturated heterocycles. The molecule has 3 rings (SSSR count). The molecule has 0 radical (unpaired) electrons. The molecule has 162 valence electrons. The van der Waals surface area contributed by atoms with Gasteiger partial charge < -0.3 is 10.6 Å². The maximum absolute atomic E-state index is 12.9. The Kier molecular flexibility index (Phi) is 6.60. The first-order chi connectivity index (χ1) is 14.1. The van der Waals surface area contributed by atoms with Gasteiger partial charge in [-0.15, -0.1) is 0 Å². The van der Waals surface area contributed by atoms with E-state index in [1.807, 2.05) is 13.8 Å². The van der Waals surface area contributed by atoms with Crippen LogP contribution >= 0.6 is 11.6 Å². The number of amides is 1. The lowest BCUT2D eigenvalue weighted by atomic mass is 9.95. The van der Waals surface area contributed by atoms with Crippen LogP contribution in [0.5, 0.6) is 0 Å². The van der Waals surface area contributed by atoms with Gasteiger partial charge in [0, 0.05) is 6.04 Å². The van der Waals surface area contributed by atoms with Gasteiger partial charge in [-0.2, -0.15) is 13.2 Å². The minimum absolute atomic E-state index is 0.0552. The average molecular weight is 440 g/mol. The third kappa shape index (κ3) is 5.06. The second-order valence-corrected chi connectivity index (χ2v) is 8.39. The Morgan fingerprint density at radius 3 is 2.43 bits per heavy atom. The van der Waals surface area contributed by atoms with Crippen LogP contribution in [-0.4, -0.2) is 16.9 Å². The van der Waals surface area contributed by atoms with Crippen LogP contribution in [-0.2, 0) is 6.18 Å². The summed E-state index contributed by atoms with van der Waals surface area (Å²) >= 11 is 6.05. The van der Waals surface area contributed by atoms with E-state index in [9.17, 15) is 18.0 Å². The van der Waals surface area contributed by atoms with Crippen molar-refractivity contribution in [3.63, 3.8) is 0 Å². The predicted molar refractivity (Wildman–Crippen MR) is 113 cm³/mol. The fourth-order valence-corrected chi connectivity index (χ4v) is 4.00. The number of benzene rings is 1. The summed E-state index contributed by atoms with van der Waals surface area (Å²) in [6.07, 6.45) is -0.245. The van der Waals surface area contributed by atoms with E-state index in [1.54, 1.807) is 13.0 Å². The van der Waals surface area contributed by atoms with Crippen molar-refractivity contribution in [2.75, 3.05) is 5.32 Å². The molecule has 2 aromatic rings. The lowest BCUT2D eigenvalue weighted by Crippen LogP contribution is -2.34. The number of aryl methyl sites for hydroxylation is 1. The number of pyridine rings is 1. The topological polar surface area (TPSA) is 54.0 Å². The molecule has 1 heterocycles. The van der Waals surface area contributed by atoms with Crippen molar-refractivity contribution in [1.29, 1.82) is 0 Å². The number of hydrogen-bond acceptors (Lipinski definition) is 3. The van der Waals surface area contributed by atoms with E-state index in [1.165, 1.54) is 6.07 Å². The molecule has 1 fully saturated rings. The fourth-order valence-electron chi connectivity index (χ4n) is 3.77. The van der Waals surface area contributed by atoms with Gasteiger partial charge in [-0.25, -0.2) is 4.98 Å². The van der Waals surface area contributed by atoms with Gasteiger partial charge >= 0.3 is 6.18 Å². The number of alkyl halides is 3. The number of carbonyl (C=O) groups excluding carboxylic acids is 1. The average Bonchev–Trinajstić information content (AvgIpc) is 3.14. The largest absolute Gasteiger partial charge is 0.416 e. The first kappa shape index (κ1) is 22.4. The molecule has 1 aromatic heterocycles. The Balaban J connectivity index is 1.89. The van der Waals surface area contributed by atoms with Crippen LogP contribution in [0.1, 0.15) is 72.6 Å². The zero-order chi connectivity index (χ0) is 22.1. The van der Waals surface area contributed by atoms with Crippen molar-refractivity contribution in [2.24, 2.45) is 0 Å². The summed E-state index contributed by atoms with van der Waals surface area (Å²) < 4.78 is 38.6. The van der Waals surface area contributed by atoms with Crippen LogP contribution in [0.4, 0.5) is 24.7 Å². The van der Waals surface area contributed by atoms with Gasteiger partial charge in [0.25, 0.3) is 5.91 Å². The molecule has 2 N–H and O–H groups in total. The number of carbonyl (C=O) groups is 1. The summed E-state index contributed by atoms with van der Waals surface area (Å²) in [6, 6.07) is 5.07. The summed E-state index contributed by atoms with van der Waals surface area (Å²) in [6.45, 7) is 5.72. The van der Waals surface area contributed by atoms with Crippen molar-refractivity contribution in [2.45, 2.75) is 64.6 Å². The lowest BCUT2D eigenvalue weighted by Gasteiger charge is -2.19. The highest BCUT2D eigenvalue weighted by Gasteiger charge is 2.31. The molecular formula is C22H25ClF3N3O. The third-order valence-corrected chi connectivity index (χ3v) is 5.64. The molecule has 8 heteroatoms. The number of rotatable bonds is 5. The van der Waals surface area contributed by atoms with Crippen LogP contribution in [0.25, 0.3) is 0 Å².